The largest absolute Gasteiger partial charge is 0.490 e. The van der Waals surface area contributed by atoms with Crippen molar-refractivity contribution in [3.8, 4) is 0 Å². The van der Waals surface area contributed by atoms with E-state index in [9.17, 15) is 26.3 Å². The zero-order valence-electron chi connectivity index (χ0n) is 18.4. The van der Waals surface area contributed by atoms with Crippen molar-refractivity contribution in [3.05, 3.63) is 30.6 Å². The Bertz CT molecular complexity index is 784. The molecule has 1 aliphatic carbocycles. The molecule has 34 heavy (non-hydrogen) atoms. The predicted molar refractivity (Wildman–Crippen MR) is 107 cm³/mol. The lowest BCUT2D eigenvalue weighted by molar-refractivity contribution is -0.193. The lowest BCUT2D eigenvalue weighted by Gasteiger charge is -2.51. The number of rotatable bonds is 5. The quantitative estimate of drug-likeness (QED) is 0.467. The molecule has 0 radical (unpaired) electrons. The summed E-state index contributed by atoms with van der Waals surface area (Å²) in [6.45, 7) is 7.88. The van der Waals surface area contributed by atoms with Crippen LogP contribution < -0.4 is 0 Å². The number of carboxylic acid groups (broad SMARTS) is 2. The molecule has 0 unspecified atom stereocenters. The van der Waals surface area contributed by atoms with Crippen molar-refractivity contribution in [2.75, 3.05) is 19.7 Å². The number of likely N-dealkylation sites (tertiary alicyclic amines) is 1. The molecule has 0 bridgehead atoms. The highest BCUT2D eigenvalue weighted by Crippen LogP contribution is 2.50. The minimum absolute atomic E-state index is 0.484. The minimum Gasteiger partial charge on any atom is -0.475 e. The summed E-state index contributed by atoms with van der Waals surface area (Å²) >= 11 is 0. The van der Waals surface area contributed by atoms with Crippen LogP contribution in [0.25, 0.3) is 0 Å². The maximum atomic E-state index is 10.6. The third-order valence-corrected chi connectivity index (χ3v) is 5.34. The number of nitrogens with zero attached hydrogens (tertiary/aromatic N) is 3. The van der Waals surface area contributed by atoms with E-state index in [-0.39, 0.29) is 0 Å². The molecule has 1 aromatic rings. The van der Waals surface area contributed by atoms with E-state index in [0.29, 0.717) is 18.1 Å². The number of aromatic nitrogens is 2. The average Bonchev–Trinajstić information content (AvgIpc) is 3.10. The minimum atomic E-state index is -5.08. The van der Waals surface area contributed by atoms with Crippen molar-refractivity contribution >= 4 is 11.9 Å². The Morgan fingerprint density at radius 2 is 1.62 bits per heavy atom. The number of aryl methyl sites for hydroxylation is 1. The SMILES string of the molecule is C=CCOC1CC2(CCN(Cc3cnn(C)c3)CC2)C1.O=C(O)C(F)(F)F.O=C(O)C(F)(F)F. The Hall–Kier alpha value is -2.61. The van der Waals surface area contributed by atoms with Crippen LogP contribution in [0.1, 0.15) is 31.2 Å². The third kappa shape index (κ3) is 10.1. The van der Waals surface area contributed by atoms with Gasteiger partial charge in [-0.25, -0.2) is 9.59 Å². The summed E-state index contributed by atoms with van der Waals surface area (Å²) in [5, 5.41) is 18.5. The molecule has 2 fully saturated rings. The topological polar surface area (TPSA) is 105 Å². The summed E-state index contributed by atoms with van der Waals surface area (Å²) in [5.74, 6) is -5.51. The zero-order chi connectivity index (χ0) is 26.2. The van der Waals surface area contributed by atoms with Gasteiger partial charge in [0.2, 0.25) is 0 Å². The first-order valence-electron chi connectivity index (χ1n) is 10.1. The van der Waals surface area contributed by atoms with Gasteiger partial charge >= 0.3 is 24.3 Å². The van der Waals surface area contributed by atoms with Crippen LogP contribution in [0.5, 0.6) is 0 Å². The molecule has 0 aromatic carbocycles. The number of carboxylic acids is 2. The van der Waals surface area contributed by atoms with Crippen molar-refractivity contribution in [2.45, 2.75) is 50.7 Å². The van der Waals surface area contributed by atoms with Gasteiger partial charge in [0.25, 0.3) is 0 Å². The van der Waals surface area contributed by atoms with Crippen LogP contribution in [0.3, 0.4) is 0 Å². The van der Waals surface area contributed by atoms with Gasteiger partial charge in [0.05, 0.1) is 18.9 Å². The number of halogens is 6. The molecule has 1 aromatic heterocycles. The molecule has 2 aliphatic rings. The van der Waals surface area contributed by atoms with Crippen LogP contribution in [0.2, 0.25) is 0 Å². The highest BCUT2D eigenvalue weighted by molar-refractivity contribution is 5.73. The summed E-state index contributed by atoms with van der Waals surface area (Å²) in [6.07, 6.45) is 1.41. The second-order valence-corrected chi connectivity index (χ2v) is 8.06. The van der Waals surface area contributed by atoms with Gasteiger partial charge in [-0.3, -0.25) is 9.58 Å². The van der Waals surface area contributed by atoms with E-state index >= 15 is 0 Å². The highest BCUT2D eigenvalue weighted by atomic mass is 19.4. The maximum absolute atomic E-state index is 10.6. The predicted octanol–water partition coefficient (Wildman–Crippen LogP) is 3.63. The number of ether oxygens (including phenoxy) is 1. The van der Waals surface area contributed by atoms with Crippen molar-refractivity contribution in [1.29, 1.82) is 0 Å². The summed E-state index contributed by atoms with van der Waals surface area (Å²) in [6, 6.07) is 0. The number of piperidine rings is 1. The molecule has 2 heterocycles. The van der Waals surface area contributed by atoms with E-state index < -0.39 is 24.3 Å². The molecular formula is C20H27F6N3O5. The van der Waals surface area contributed by atoms with Crippen LogP contribution in [-0.2, 0) is 27.9 Å². The summed E-state index contributed by atoms with van der Waals surface area (Å²) < 4.78 is 71.1. The van der Waals surface area contributed by atoms with Gasteiger partial charge in [0.1, 0.15) is 0 Å². The summed E-state index contributed by atoms with van der Waals surface area (Å²) in [5.41, 5.74) is 1.90. The van der Waals surface area contributed by atoms with Crippen LogP contribution in [0, 0.1) is 5.41 Å². The fraction of sp³-hybridized carbons (Fsp3) is 0.650. The molecule has 0 amide bonds. The van der Waals surface area contributed by atoms with Crippen molar-refractivity contribution in [2.24, 2.45) is 12.5 Å². The van der Waals surface area contributed by atoms with Gasteiger partial charge in [-0.1, -0.05) is 6.08 Å². The first-order chi connectivity index (χ1) is 15.6. The van der Waals surface area contributed by atoms with Gasteiger partial charge in [0, 0.05) is 25.4 Å². The molecule has 0 atom stereocenters. The number of alkyl halides is 6. The lowest BCUT2D eigenvalue weighted by Crippen LogP contribution is -2.49. The van der Waals surface area contributed by atoms with Crippen molar-refractivity contribution in [3.63, 3.8) is 0 Å². The highest BCUT2D eigenvalue weighted by Gasteiger charge is 2.46. The number of hydrogen-bond donors (Lipinski definition) is 2. The van der Waals surface area contributed by atoms with Crippen LogP contribution in [0.15, 0.2) is 25.0 Å². The van der Waals surface area contributed by atoms with Gasteiger partial charge in [-0.05, 0) is 44.2 Å². The zero-order valence-corrected chi connectivity index (χ0v) is 18.4. The first kappa shape index (κ1) is 29.4. The first-order valence-corrected chi connectivity index (χ1v) is 10.1. The normalized spacial score (nSPS) is 18.1. The van der Waals surface area contributed by atoms with Crippen LogP contribution in [-0.4, -0.2) is 75.0 Å². The molecule has 194 valence electrons. The molecule has 1 saturated carbocycles. The van der Waals surface area contributed by atoms with Crippen molar-refractivity contribution < 1.29 is 50.9 Å². The van der Waals surface area contributed by atoms with E-state index in [4.69, 9.17) is 24.5 Å². The molecule has 14 heteroatoms. The second kappa shape index (κ2) is 12.2. The summed E-state index contributed by atoms with van der Waals surface area (Å²) in [4.78, 5) is 20.3. The van der Waals surface area contributed by atoms with Gasteiger partial charge in [0.15, 0.2) is 0 Å². The van der Waals surface area contributed by atoms with Gasteiger partial charge in [-0.2, -0.15) is 31.4 Å². The number of hydrogen-bond acceptors (Lipinski definition) is 5. The smallest absolute Gasteiger partial charge is 0.475 e. The van der Waals surface area contributed by atoms with E-state index in [1.807, 2.05) is 24.0 Å². The Labute approximate surface area is 191 Å². The molecule has 1 aliphatic heterocycles. The third-order valence-electron chi connectivity index (χ3n) is 5.34. The lowest BCUT2D eigenvalue weighted by atomic mass is 9.61. The van der Waals surface area contributed by atoms with E-state index in [1.54, 1.807) is 0 Å². The van der Waals surface area contributed by atoms with Gasteiger partial charge in [-0.15, -0.1) is 6.58 Å². The summed E-state index contributed by atoms with van der Waals surface area (Å²) in [7, 11) is 1.98. The van der Waals surface area contributed by atoms with Crippen LogP contribution in [0.4, 0.5) is 26.3 Å². The Morgan fingerprint density at radius 3 is 1.97 bits per heavy atom. The molecule has 1 spiro atoms. The maximum Gasteiger partial charge on any atom is 0.490 e. The standard InChI is InChI=1S/C16H25N3O.2C2HF3O2/c1-3-8-20-15-9-16(10-15)4-6-19(7-5-16)13-14-11-17-18(2)12-14;2*3-2(4,5)1(6)7/h3,11-12,15H,1,4-10,13H2,2H3;2*(H,6,7). The van der Waals surface area contributed by atoms with E-state index in [1.165, 1.54) is 44.3 Å². The van der Waals surface area contributed by atoms with E-state index in [0.717, 1.165) is 6.54 Å². The number of carbonyl (C=O) groups is 2. The molecule has 1 saturated heterocycles. The molecular weight excluding hydrogens is 476 g/mol. The number of aliphatic carboxylic acids is 2. The Balaban J connectivity index is 0.000000343. The second-order valence-electron chi connectivity index (χ2n) is 8.06. The van der Waals surface area contributed by atoms with Crippen molar-refractivity contribution in [1.82, 2.24) is 14.7 Å². The average molecular weight is 503 g/mol. The van der Waals surface area contributed by atoms with Gasteiger partial charge < -0.3 is 14.9 Å². The molecule has 2 N–H and O–H groups in total. The Kier molecular flexibility index (Phi) is 10.6. The Morgan fingerprint density at radius 1 is 1.15 bits per heavy atom. The fourth-order valence-electron chi connectivity index (χ4n) is 3.63. The molecule has 8 nitrogen and oxygen atoms in total. The molecule has 3 rings (SSSR count). The van der Waals surface area contributed by atoms with Crippen LogP contribution >= 0.6 is 0 Å². The fourth-order valence-corrected chi connectivity index (χ4v) is 3.63. The van der Waals surface area contributed by atoms with E-state index in [2.05, 4.69) is 22.8 Å². The monoisotopic (exact) mass is 503 g/mol.